The number of ketones is 1. The van der Waals surface area contributed by atoms with E-state index in [0.29, 0.717) is 0 Å². The summed E-state index contributed by atoms with van der Waals surface area (Å²) in [6.07, 6.45) is -4.55. The minimum atomic E-state index is -4.55. The van der Waals surface area contributed by atoms with Crippen LogP contribution in [0.2, 0.25) is 0 Å². The lowest BCUT2D eigenvalue weighted by molar-refractivity contribution is -0.137. The lowest BCUT2D eigenvalue weighted by Crippen LogP contribution is -2.13. The van der Waals surface area contributed by atoms with Crippen molar-refractivity contribution in [1.82, 2.24) is 0 Å². The predicted molar refractivity (Wildman–Crippen MR) is 54.2 cm³/mol. The number of carbonyl (C=O) groups is 1. The number of benzene rings is 1. The summed E-state index contributed by atoms with van der Waals surface area (Å²) in [5.74, 6) is -1.21. The van der Waals surface area contributed by atoms with Crippen LogP contribution in [0.5, 0.6) is 0 Å². The van der Waals surface area contributed by atoms with Crippen LogP contribution in [0, 0.1) is 0 Å². The number of hydrogen-bond donors (Lipinski definition) is 0. The number of carbonyl (C=O) groups excluding carboxylic acids is 1. The van der Waals surface area contributed by atoms with Crippen molar-refractivity contribution >= 4 is 33.3 Å². The highest BCUT2D eigenvalue weighted by Gasteiger charge is 2.35. The van der Waals surface area contributed by atoms with Gasteiger partial charge in [-0.2, -0.15) is 13.2 Å². The molecule has 0 bridgehead atoms. The van der Waals surface area contributed by atoms with Gasteiger partial charge in [-0.15, -0.1) is 11.6 Å². The van der Waals surface area contributed by atoms with Crippen molar-refractivity contribution in [1.29, 1.82) is 0 Å². The molecule has 0 radical (unpaired) electrons. The highest BCUT2D eigenvalue weighted by molar-refractivity contribution is 9.10. The molecule has 0 saturated carbocycles. The molecule has 0 amide bonds. The topological polar surface area (TPSA) is 17.1 Å². The summed E-state index contributed by atoms with van der Waals surface area (Å²) >= 11 is 8.14. The van der Waals surface area contributed by atoms with Gasteiger partial charge in [-0.25, -0.2) is 0 Å². The molecule has 0 unspecified atom stereocenters. The second kappa shape index (κ2) is 4.53. The molecule has 0 aliphatic rings. The normalized spacial score (nSPS) is 11.5. The van der Waals surface area contributed by atoms with Crippen LogP contribution in [0.3, 0.4) is 0 Å². The second-order valence-electron chi connectivity index (χ2n) is 2.74. The first-order valence-electron chi connectivity index (χ1n) is 3.82. The standard InChI is InChI=1S/C9H5BrClF3O/c10-5-1-2-6(8(15)4-11)7(3-5)9(12,13)14/h1-3H,4H2. The molecule has 0 fully saturated rings. The number of Topliss-reactive ketones (excluding diaryl/α,β-unsaturated/α-hetero) is 1. The molecule has 0 aliphatic carbocycles. The Morgan fingerprint density at radius 1 is 1.40 bits per heavy atom. The van der Waals surface area contributed by atoms with E-state index in [-0.39, 0.29) is 4.47 Å². The molecule has 0 aliphatic heterocycles. The summed E-state index contributed by atoms with van der Waals surface area (Å²) in [6, 6.07) is 3.34. The summed E-state index contributed by atoms with van der Waals surface area (Å²) in [5, 5.41) is 0. The van der Waals surface area contributed by atoms with Gasteiger partial charge in [-0.05, 0) is 18.2 Å². The predicted octanol–water partition coefficient (Wildman–Crippen LogP) is 3.89. The first kappa shape index (κ1) is 12.5. The van der Waals surface area contributed by atoms with Gasteiger partial charge in [0.25, 0.3) is 0 Å². The van der Waals surface area contributed by atoms with E-state index in [0.717, 1.165) is 12.1 Å². The molecule has 15 heavy (non-hydrogen) atoms. The maximum absolute atomic E-state index is 12.5. The SMILES string of the molecule is O=C(CCl)c1ccc(Br)cc1C(F)(F)F. The van der Waals surface area contributed by atoms with Gasteiger partial charge in [0.05, 0.1) is 11.4 Å². The average molecular weight is 301 g/mol. The number of rotatable bonds is 2. The Labute approximate surface area is 97.4 Å². The molecule has 1 aromatic rings. The molecule has 1 nitrogen and oxygen atoms in total. The van der Waals surface area contributed by atoms with Gasteiger partial charge in [0.1, 0.15) is 0 Å². The maximum Gasteiger partial charge on any atom is 0.417 e. The Hall–Kier alpha value is -0.550. The van der Waals surface area contributed by atoms with Crippen molar-refractivity contribution in [2.45, 2.75) is 6.18 Å². The van der Waals surface area contributed by atoms with E-state index in [2.05, 4.69) is 15.9 Å². The lowest BCUT2D eigenvalue weighted by atomic mass is 10.0. The Morgan fingerprint density at radius 2 is 2.00 bits per heavy atom. The van der Waals surface area contributed by atoms with Crippen LogP contribution in [0.4, 0.5) is 13.2 Å². The molecule has 82 valence electrons. The Balaban J connectivity index is 3.33. The molecule has 0 saturated heterocycles. The van der Waals surface area contributed by atoms with Crippen LogP contribution in [-0.2, 0) is 6.18 Å². The maximum atomic E-state index is 12.5. The molecule has 0 N–H and O–H groups in total. The summed E-state index contributed by atoms with van der Waals surface area (Å²) in [5.41, 5.74) is -1.37. The molecule has 0 aromatic heterocycles. The van der Waals surface area contributed by atoms with Gasteiger partial charge >= 0.3 is 6.18 Å². The van der Waals surface area contributed by atoms with Gasteiger partial charge < -0.3 is 0 Å². The van der Waals surface area contributed by atoms with E-state index >= 15 is 0 Å². The first-order valence-corrected chi connectivity index (χ1v) is 5.15. The zero-order valence-corrected chi connectivity index (χ0v) is 9.58. The minimum Gasteiger partial charge on any atom is -0.293 e. The van der Waals surface area contributed by atoms with Crippen LogP contribution in [0.25, 0.3) is 0 Å². The van der Waals surface area contributed by atoms with Gasteiger partial charge in [0.15, 0.2) is 5.78 Å². The van der Waals surface area contributed by atoms with Gasteiger partial charge in [0, 0.05) is 10.0 Å². The highest BCUT2D eigenvalue weighted by Crippen LogP contribution is 2.34. The summed E-state index contributed by atoms with van der Waals surface area (Å²) < 4.78 is 37.8. The van der Waals surface area contributed by atoms with Crippen LogP contribution in [0.1, 0.15) is 15.9 Å². The lowest BCUT2D eigenvalue weighted by Gasteiger charge is -2.11. The molecule has 0 heterocycles. The first-order chi connectivity index (χ1) is 6.86. The highest BCUT2D eigenvalue weighted by atomic mass is 79.9. The molecular weight excluding hydrogens is 296 g/mol. The Morgan fingerprint density at radius 3 is 2.47 bits per heavy atom. The van der Waals surface area contributed by atoms with Crippen molar-refractivity contribution in [2.75, 3.05) is 5.88 Å². The van der Waals surface area contributed by atoms with Crippen LogP contribution >= 0.6 is 27.5 Å². The number of hydrogen-bond acceptors (Lipinski definition) is 1. The van der Waals surface area contributed by atoms with Crippen LogP contribution < -0.4 is 0 Å². The van der Waals surface area contributed by atoms with Crippen molar-refractivity contribution in [2.24, 2.45) is 0 Å². The Kier molecular flexibility index (Phi) is 3.78. The number of halogens is 5. The van der Waals surface area contributed by atoms with Crippen LogP contribution in [-0.4, -0.2) is 11.7 Å². The molecule has 1 aromatic carbocycles. The van der Waals surface area contributed by atoms with E-state index in [1.165, 1.54) is 6.07 Å². The zero-order valence-electron chi connectivity index (χ0n) is 7.24. The van der Waals surface area contributed by atoms with Crippen molar-refractivity contribution in [3.05, 3.63) is 33.8 Å². The monoisotopic (exact) mass is 300 g/mol. The largest absolute Gasteiger partial charge is 0.417 e. The third-order valence-corrected chi connectivity index (χ3v) is 2.44. The summed E-state index contributed by atoms with van der Waals surface area (Å²) in [7, 11) is 0. The van der Waals surface area contributed by atoms with E-state index in [1.54, 1.807) is 0 Å². The van der Waals surface area contributed by atoms with E-state index in [1.807, 2.05) is 0 Å². The molecule has 0 spiro atoms. The third-order valence-electron chi connectivity index (χ3n) is 1.71. The van der Waals surface area contributed by atoms with Crippen molar-refractivity contribution < 1.29 is 18.0 Å². The fourth-order valence-corrected chi connectivity index (χ4v) is 1.57. The fraction of sp³-hybridized carbons (Fsp3) is 0.222. The minimum absolute atomic E-state index is 0.265. The van der Waals surface area contributed by atoms with Crippen molar-refractivity contribution in [3.63, 3.8) is 0 Å². The van der Waals surface area contributed by atoms with Crippen LogP contribution in [0.15, 0.2) is 22.7 Å². The number of alkyl halides is 4. The third kappa shape index (κ3) is 2.95. The van der Waals surface area contributed by atoms with E-state index in [4.69, 9.17) is 11.6 Å². The fourth-order valence-electron chi connectivity index (χ4n) is 1.07. The van der Waals surface area contributed by atoms with Gasteiger partial charge in [-0.3, -0.25) is 4.79 Å². The summed E-state index contributed by atoms with van der Waals surface area (Å²) in [6.45, 7) is 0. The average Bonchev–Trinajstić information content (AvgIpc) is 2.15. The van der Waals surface area contributed by atoms with Gasteiger partial charge in [0.2, 0.25) is 0 Å². The smallest absolute Gasteiger partial charge is 0.293 e. The molecule has 0 atom stereocenters. The Bertz CT molecular complexity index is 389. The summed E-state index contributed by atoms with van der Waals surface area (Å²) in [4.78, 5) is 11.1. The van der Waals surface area contributed by atoms with Crippen molar-refractivity contribution in [3.8, 4) is 0 Å². The van der Waals surface area contributed by atoms with E-state index < -0.39 is 29.0 Å². The molecule has 1 rings (SSSR count). The molecular formula is C9H5BrClF3O. The quantitative estimate of drug-likeness (QED) is 0.598. The zero-order chi connectivity index (χ0) is 11.6. The van der Waals surface area contributed by atoms with Gasteiger partial charge in [-0.1, -0.05) is 15.9 Å². The van der Waals surface area contributed by atoms with E-state index in [9.17, 15) is 18.0 Å². The second-order valence-corrected chi connectivity index (χ2v) is 3.93. The molecule has 6 heteroatoms.